The fraction of sp³-hybridized carbons (Fsp3) is 0.769. The van der Waals surface area contributed by atoms with Crippen LogP contribution in [0, 0.1) is 0 Å². The van der Waals surface area contributed by atoms with E-state index in [1.807, 2.05) is 6.20 Å². The van der Waals surface area contributed by atoms with Crippen LogP contribution in [-0.2, 0) is 4.84 Å². The molecule has 104 valence electrons. The lowest BCUT2D eigenvalue weighted by atomic mass is 10.2. The third kappa shape index (κ3) is 5.91. The number of allylic oxidation sites excluding steroid dienone is 1. The molecule has 5 nitrogen and oxygen atoms in total. The van der Waals surface area contributed by atoms with Gasteiger partial charge in [0.2, 0.25) is 5.96 Å². The number of hydrogen-bond donors (Lipinski definition) is 2. The first kappa shape index (κ1) is 14.8. The van der Waals surface area contributed by atoms with Gasteiger partial charge in [0.05, 0.1) is 18.5 Å². The standard InChI is InChI=1S/C13H26N4O/c1-3-5-7-9-12-11-17(16-13(14)15-12)18-10-8-6-4-2/h11H,3-10H2,1-2H3,(H3,14,15,16). The second-order valence-corrected chi connectivity index (χ2v) is 4.55. The van der Waals surface area contributed by atoms with Crippen molar-refractivity contribution in [1.82, 2.24) is 10.6 Å². The van der Waals surface area contributed by atoms with Crippen LogP contribution in [0.5, 0.6) is 0 Å². The molecule has 18 heavy (non-hydrogen) atoms. The number of unbranched alkanes of at least 4 members (excludes halogenated alkanes) is 4. The number of guanidine groups is 1. The Morgan fingerprint density at radius 3 is 2.67 bits per heavy atom. The number of aliphatic imine (C=N–C) groups is 1. The van der Waals surface area contributed by atoms with E-state index in [4.69, 9.17) is 10.6 Å². The number of nitrogens with zero attached hydrogens (tertiary/aromatic N) is 2. The molecule has 1 aliphatic heterocycles. The minimum atomic E-state index is 0.402. The molecule has 3 N–H and O–H groups in total. The van der Waals surface area contributed by atoms with Crippen molar-refractivity contribution in [1.29, 1.82) is 0 Å². The third-order valence-electron chi connectivity index (χ3n) is 2.77. The molecule has 0 spiro atoms. The van der Waals surface area contributed by atoms with Crippen LogP contribution < -0.4 is 11.2 Å². The van der Waals surface area contributed by atoms with Gasteiger partial charge in [-0.15, -0.1) is 0 Å². The predicted molar refractivity (Wildman–Crippen MR) is 74.3 cm³/mol. The van der Waals surface area contributed by atoms with E-state index >= 15 is 0 Å². The van der Waals surface area contributed by atoms with E-state index in [9.17, 15) is 0 Å². The van der Waals surface area contributed by atoms with Gasteiger partial charge in [0.15, 0.2) is 0 Å². The fourth-order valence-corrected chi connectivity index (χ4v) is 1.75. The predicted octanol–water partition coefficient (Wildman–Crippen LogP) is 2.66. The maximum Gasteiger partial charge on any atom is 0.214 e. The van der Waals surface area contributed by atoms with Gasteiger partial charge in [-0.3, -0.25) is 4.84 Å². The SMILES string of the molecule is CCCCCON1C=C(CCCCC)N=C(N)N1. The van der Waals surface area contributed by atoms with E-state index in [0.717, 1.165) is 25.0 Å². The molecule has 0 aliphatic carbocycles. The molecule has 0 unspecified atom stereocenters. The van der Waals surface area contributed by atoms with Gasteiger partial charge in [-0.1, -0.05) is 39.5 Å². The molecule has 0 atom stereocenters. The van der Waals surface area contributed by atoms with Crippen LogP contribution >= 0.6 is 0 Å². The van der Waals surface area contributed by atoms with Gasteiger partial charge >= 0.3 is 0 Å². The number of rotatable bonds is 9. The van der Waals surface area contributed by atoms with E-state index in [0.29, 0.717) is 12.6 Å². The van der Waals surface area contributed by atoms with Crippen molar-refractivity contribution < 1.29 is 4.84 Å². The molecule has 1 heterocycles. The number of hydrazine groups is 1. The molecule has 0 aromatic rings. The summed E-state index contributed by atoms with van der Waals surface area (Å²) in [6.45, 7) is 5.07. The molecule has 0 radical (unpaired) electrons. The minimum Gasteiger partial charge on any atom is -0.368 e. The Balaban J connectivity index is 2.33. The Bertz CT molecular complexity index is 289. The summed E-state index contributed by atoms with van der Waals surface area (Å²) in [6.07, 6.45) is 9.85. The summed E-state index contributed by atoms with van der Waals surface area (Å²) >= 11 is 0. The molecule has 0 bridgehead atoms. The molecule has 0 fully saturated rings. The quantitative estimate of drug-likeness (QED) is 0.621. The van der Waals surface area contributed by atoms with Crippen molar-refractivity contribution in [3.63, 3.8) is 0 Å². The van der Waals surface area contributed by atoms with E-state index in [-0.39, 0.29) is 0 Å². The average Bonchev–Trinajstić information content (AvgIpc) is 2.34. The Labute approximate surface area is 110 Å². The summed E-state index contributed by atoms with van der Waals surface area (Å²) < 4.78 is 0. The Hall–Kier alpha value is -1.23. The summed E-state index contributed by atoms with van der Waals surface area (Å²) in [5.74, 6) is 0.402. The van der Waals surface area contributed by atoms with Crippen LogP contribution in [0.2, 0.25) is 0 Å². The highest BCUT2D eigenvalue weighted by molar-refractivity contribution is 5.79. The molecular formula is C13H26N4O. The second-order valence-electron chi connectivity index (χ2n) is 4.55. The van der Waals surface area contributed by atoms with E-state index < -0.39 is 0 Å². The molecule has 5 heteroatoms. The normalized spacial score (nSPS) is 15.1. The number of hydrogen-bond acceptors (Lipinski definition) is 5. The van der Waals surface area contributed by atoms with Crippen molar-refractivity contribution >= 4 is 5.96 Å². The Morgan fingerprint density at radius 2 is 1.94 bits per heavy atom. The molecule has 1 aliphatic rings. The lowest BCUT2D eigenvalue weighted by molar-refractivity contribution is -0.145. The van der Waals surface area contributed by atoms with Crippen molar-refractivity contribution in [2.75, 3.05) is 6.61 Å². The van der Waals surface area contributed by atoms with E-state index in [1.54, 1.807) is 5.17 Å². The van der Waals surface area contributed by atoms with Crippen molar-refractivity contribution in [3.8, 4) is 0 Å². The van der Waals surface area contributed by atoms with Crippen LogP contribution in [-0.4, -0.2) is 17.7 Å². The highest BCUT2D eigenvalue weighted by Crippen LogP contribution is 2.13. The van der Waals surface area contributed by atoms with Crippen LogP contribution in [0.4, 0.5) is 0 Å². The van der Waals surface area contributed by atoms with Gasteiger partial charge in [-0.25, -0.2) is 10.4 Å². The summed E-state index contributed by atoms with van der Waals surface area (Å²) in [7, 11) is 0. The first-order valence-corrected chi connectivity index (χ1v) is 7.00. The van der Waals surface area contributed by atoms with Crippen molar-refractivity contribution in [2.24, 2.45) is 10.7 Å². The first-order valence-electron chi connectivity index (χ1n) is 7.00. The van der Waals surface area contributed by atoms with Gasteiger partial charge in [0, 0.05) is 0 Å². The van der Waals surface area contributed by atoms with Crippen LogP contribution in [0.1, 0.15) is 58.8 Å². The van der Waals surface area contributed by atoms with Crippen molar-refractivity contribution in [3.05, 3.63) is 11.9 Å². The zero-order chi connectivity index (χ0) is 13.2. The maximum absolute atomic E-state index is 5.73. The molecule has 0 aromatic carbocycles. The number of nitrogens with two attached hydrogens (primary N) is 1. The zero-order valence-electron chi connectivity index (χ0n) is 11.6. The lowest BCUT2D eigenvalue weighted by Crippen LogP contribution is -2.45. The summed E-state index contributed by atoms with van der Waals surface area (Å²) in [5.41, 5.74) is 9.58. The lowest BCUT2D eigenvalue weighted by Gasteiger charge is -2.25. The summed E-state index contributed by atoms with van der Waals surface area (Å²) in [5, 5.41) is 1.58. The maximum atomic E-state index is 5.73. The van der Waals surface area contributed by atoms with Gasteiger partial charge in [-0.2, -0.15) is 5.17 Å². The zero-order valence-corrected chi connectivity index (χ0v) is 11.6. The smallest absolute Gasteiger partial charge is 0.214 e. The molecule has 0 saturated carbocycles. The third-order valence-corrected chi connectivity index (χ3v) is 2.77. The first-order chi connectivity index (χ1) is 8.76. The van der Waals surface area contributed by atoms with Crippen LogP contribution in [0.25, 0.3) is 0 Å². The van der Waals surface area contributed by atoms with Gasteiger partial charge in [0.1, 0.15) is 0 Å². The molecule has 1 rings (SSSR count). The minimum absolute atomic E-state index is 0.402. The number of nitrogens with one attached hydrogen (secondary N) is 1. The largest absolute Gasteiger partial charge is 0.368 e. The van der Waals surface area contributed by atoms with Gasteiger partial charge in [-0.05, 0) is 19.3 Å². The molecule has 0 aromatic heterocycles. The number of hydroxylamine groups is 1. The van der Waals surface area contributed by atoms with E-state index in [2.05, 4.69) is 24.3 Å². The average molecular weight is 254 g/mol. The molecular weight excluding hydrogens is 228 g/mol. The monoisotopic (exact) mass is 254 g/mol. The van der Waals surface area contributed by atoms with Crippen LogP contribution in [0.15, 0.2) is 16.9 Å². The fourth-order valence-electron chi connectivity index (χ4n) is 1.75. The summed E-state index contributed by atoms with van der Waals surface area (Å²) in [6, 6.07) is 0. The van der Waals surface area contributed by atoms with Crippen LogP contribution in [0.3, 0.4) is 0 Å². The Morgan fingerprint density at radius 1 is 1.22 bits per heavy atom. The van der Waals surface area contributed by atoms with Crippen molar-refractivity contribution in [2.45, 2.75) is 58.8 Å². The highest BCUT2D eigenvalue weighted by Gasteiger charge is 2.10. The van der Waals surface area contributed by atoms with Gasteiger partial charge in [0.25, 0.3) is 0 Å². The highest BCUT2D eigenvalue weighted by atomic mass is 16.7. The topological polar surface area (TPSA) is 62.9 Å². The molecule has 0 saturated heterocycles. The Kier molecular flexibility index (Phi) is 7.25. The second kappa shape index (κ2) is 8.80. The summed E-state index contributed by atoms with van der Waals surface area (Å²) in [4.78, 5) is 9.85. The van der Waals surface area contributed by atoms with Gasteiger partial charge < -0.3 is 5.73 Å². The molecule has 0 amide bonds. The van der Waals surface area contributed by atoms with E-state index in [1.165, 1.54) is 25.7 Å².